The van der Waals surface area contributed by atoms with E-state index >= 15 is 0 Å². The molecule has 2 heteroatoms. The highest BCUT2D eigenvalue weighted by molar-refractivity contribution is 5.42. The SMILES string of the molecule is CNC(c1ccc(OC)cc1)c1ccccc1C(C)(C)C. The molecule has 1 N–H and O–H groups in total. The lowest BCUT2D eigenvalue weighted by atomic mass is 9.80. The summed E-state index contributed by atoms with van der Waals surface area (Å²) in [5.74, 6) is 0.887. The molecule has 1 unspecified atom stereocenters. The second-order valence-corrected chi connectivity index (χ2v) is 6.33. The molecule has 0 saturated carbocycles. The molecular weight excluding hydrogens is 258 g/mol. The van der Waals surface area contributed by atoms with Crippen LogP contribution in [0.1, 0.15) is 43.5 Å². The number of hydrogen-bond donors (Lipinski definition) is 1. The standard InChI is InChI=1S/C19H25NO/c1-19(2,3)17-9-7-6-8-16(17)18(20-4)14-10-12-15(21-5)13-11-14/h6-13,18,20H,1-5H3. The zero-order chi connectivity index (χ0) is 15.5. The van der Waals surface area contributed by atoms with Crippen LogP contribution >= 0.6 is 0 Å². The predicted octanol–water partition coefficient (Wildman–Crippen LogP) is 4.30. The van der Waals surface area contributed by atoms with E-state index in [4.69, 9.17) is 4.74 Å². The number of rotatable bonds is 4. The lowest BCUT2D eigenvalue weighted by Gasteiger charge is -2.27. The smallest absolute Gasteiger partial charge is 0.118 e. The van der Waals surface area contributed by atoms with Crippen LogP contribution in [-0.4, -0.2) is 14.2 Å². The molecule has 0 saturated heterocycles. The normalized spacial score (nSPS) is 13.0. The maximum atomic E-state index is 5.25. The molecule has 0 aliphatic heterocycles. The van der Waals surface area contributed by atoms with Crippen molar-refractivity contribution in [3.8, 4) is 5.75 Å². The van der Waals surface area contributed by atoms with Gasteiger partial charge in [-0.2, -0.15) is 0 Å². The highest BCUT2D eigenvalue weighted by Gasteiger charge is 2.22. The molecular formula is C19H25NO. The molecule has 0 radical (unpaired) electrons. The maximum absolute atomic E-state index is 5.25. The summed E-state index contributed by atoms with van der Waals surface area (Å²) in [6.45, 7) is 6.77. The molecule has 0 heterocycles. The number of nitrogens with one attached hydrogen (secondary N) is 1. The lowest BCUT2D eigenvalue weighted by molar-refractivity contribution is 0.414. The molecule has 0 spiro atoms. The first-order chi connectivity index (χ1) is 9.97. The summed E-state index contributed by atoms with van der Waals surface area (Å²) in [6, 6.07) is 17.1. The molecule has 0 bridgehead atoms. The van der Waals surface area contributed by atoms with Gasteiger partial charge in [0.2, 0.25) is 0 Å². The number of benzene rings is 2. The van der Waals surface area contributed by atoms with Gasteiger partial charge in [0, 0.05) is 0 Å². The summed E-state index contributed by atoms with van der Waals surface area (Å²) in [7, 11) is 3.70. The van der Waals surface area contributed by atoms with E-state index in [1.165, 1.54) is 16.7 Å². The minimum atomic E-state index is 0.123. The fraction of sp³-hybridized carbons (Fsp3) is 0.368. The fourth-order valence-corrected chi connectivity index (χ4v) is 2.73. The molecule has 1 atom stereocenters. The second-order valence-electron chi connectivity index (χ2n) is 6.33. The van der Waals surface area contributed by atoms with Crippen LogP contribution in [0.25, 0.3) is 0 Å². The van der Waals surface area contributed by atoms with Gasteiger partial charge in [-0.25, -0.2) is 0 Å². The van der Waals surface area contributed by atoms with E-state index in [2.05, 4.69) is 62.5 Å². The van der Waals surface area contributed by atoms with Gasteiger partial charge in [0.15, 0.2) is 0 Å². The third-order valence-corrected chi connectivity index (χ3v) is 3.82. The van der Waals surface area contributed by atoms with Gasteiger partial charge in [-0.1, -0.05) is 57.2 Å². The molecule has 0 amide bonds. The Morgan fingerprint density at radius 3 is 2.10 bits per heavy atom. The Morgan fingerprint density at radius 1 is 0.952 bits per heavy atom. The first-order valence-corrected chi connectivity index (χ1v) is 7.38. The summed E-state index contributed by atoms with van der Waals surface area (Å²) < 4.78 is 5.25. The molecule has 0 aliphatic carbocycles. The third kappa shape index (κ3) is 3.45. The Kier molecular flexibility index (Phi) is 4.69. The lowest BCUT2D eigenvalue weighted by Crippen LogP contribution is -2.23. The first-order valence-electron chi connectivity index (χ1n) is 7.38. The average molecular weight is 283 g/mol. The highest BCUT2D eigenvalue weighted by atomic mass is 16.5. The summed E-state index contributed by atoms with van der Waals surface area (Å²) in [5.41, 5.74) is 4.07. The Labute approximate surface area is 128 Å². The van der Waals surface area contributed by atoms with Crippen molar-refractivity contribution in [1.82, 2.24) is 5.32 Å². The van der Waals surface area contributed by atoms with Crippen molar-refractivity contribution < 1.29 is 4.74 Å². The summed E-state index contributed by atoms with van der Waals surface area (Å²) >= 11 is 0. The number of hydrogen-bond acceptors (Lipinski definition) is 2. The van der Waals surface area contributed by atoms with Gasteiger partial charge in [0.1, 0.15) is 5.75 Å². The summed E-state index contributed by atoms with van der Waals surface area (Å²) in [6.07, 6.45) is 0. The molecule has 2 aromatic carbocycles. The van der Waals surface area contributed by atoms with Crippen molar-refractivity contribution in [2.24, 2.45) is 0 Å². The van der Waals surface area contributed by atoms with E-state index in [0.29, 0.717) is 0 Å². The van der Waals surface area contributed by atoms with Crippen molar-refractivity contribution in [2.75, 3.05) is 14.2 Å². The fourth-order valence-electron chi connectivity index (χ4n) is 2.73. The molecule has 0 aromatic heterocycles. The van der Waals surface area contributed by atoms with Crippen molar-refractivity contribution in [3.63, 3.8) is 0 Å². The van der Waals surface area contributed by atoms with E-state index < -0.39 is 0 Å². The topological polar surface area (TPSA) is 21.3 Å². The van der Waals surface area contributed by atoms with E-state index in [9.17, 15) is 0 Å². The van der Waals surface area contributed by atoms with E-state index in [1.54, 1.807) is 7.11 Å². The van der Waals surface area contributed by atoms with Gasteiger partial charge in [-0.3, -0.25) is 0 Å². The number of methoxy groups -OCH3 is 1. The second kappa shape index (κ2) is 6.31. The van der Waals surface area contributed by atoms with Crippen molar-refractivity contribution >= 4 is 0 Å². The van der Waals surface area contributed by atoms with Gasteiger partial charge < -0.3 is 10.1 Å². The molecule has 0 fully saturated rings. The Bertz CT molecular complexity index is 581. The third-order valence-electron chi connectivity index (χ3n) is 3.82. The zero-order valence-electron chi connectivity index (χ0n) is 13.6. The minimum absolute atomic E-state index is 0.123. The van der Waals surface area contributed by atoms with Gasteiger partial charge in [-0.05, 0) is 41.3 Å². The van der Waals surface area contributed by atoms with Gasteiger partial charge in [0.05, 0.1) is 13.2 Å². The van der Waals surface area contributed by atoms with Gasteiger partial charge in [0.25, 0.3) is 0 Å². The van der Waals surface area contributed by atoms with E-state index in [1.807, 2.05) is 19.2 Å². The van der Waals surface area contributed by atoms with Gasteiger partial charge >= 0.3 is 0 Å². The Balaban J connectivity index is 2.46. The van der Waals surface area contributed by atoms with Crippen molar-refractivity contribution in [1.29, 1.82) is 0 Å². The predicted molar refractivity (Wildman–Crippen MR) is 89.0 cm³/mol. The van der Waals surface area contributed by atoms with Gasteiger partial charge in [-0.15, -0.1) is 0 Å². The first kappa shape index (κ1) is 15.6. The van der Waals surface area contributed by atoms with Crippen LogP contribution in [0.3, 0.4) is 0 Å². The summed E-state index contributed by atoms with van der Waals surface area (Å²) in [4.78, 5) is 0. The number of ether oxygens (including phenoxy) is 1. The summed E-state index contributed by atoms with van der Waals surface area (Å²) in [5, 5.41) is 3.44. The maximum Gasteiger partial charge on any atom is 0.118 e. The van der Waals surface area contributed by atoms with Crippen LogP contribution in [0, 0.1) is 0 Å². The Hall–Kier alpha value is -1.80. The molecule has 112 valence electrons. The van der Waals surface area contributed by atoms with Crippen LogP contribution in [0.2, 0.25) is 0 Å². The van der Waals surface area contributed by atoms with Crippen LogP contribution < -0.4 is 10.1 Å². The average Bonchev–Trinajstić information content (AvgIpc) is 2.48. The zero-order valence-corrected chi connectivity index (χ0v) is 13.6. The minimum Gasteiger partial charge on any atom is -0.497 e. The van der Waals surface area contributed by atoms with E-state index in [0.717, 1.165) is 5.75 Å². The molecule has 2 rings (SSSR count). The largest absolute Gasteiger partial charge is 0.497 e. The van der Waals surface area contributed by atoms with E-state index in [-0.39, 0.29) is 11.5 Å². The molecule has 21 heavy (non-hydrogen) atoms. The van der Waals surface area contributed by atoms with Crippen LogP contribution in [0.5, 0.6) is 5.75 Å². The Morgan fingerprint density at radius 2 is 1.57 bits per heavy atom. The van der Waals surface area contributed by atoms with Crippen LogP contribution in [-0.2, 0) is 5.41 Å². The monoisotopic (exact) mass is 283 g/mol. The molecule has 0 aliphatic rings. The van der Waals surface area contributed by atoms with Crippen LogP contribution in [0.15, 0.2) is 48.5 Å². The van der Waals surface area contributed by atoms with Crippen LogP contribution in [0.4, 0.5) is 0 Å². The van der Waals surface area contributed by atoms with Crippen molar-refractivity contribution in [3.05, 3.63) is 65.2 Å². The highest BCUT2D eigenvalue weighted by Crippen LogP contribution is 2.32. The molecule has 2 nitrogen and oxygen atoms in total. The quantitative estimate of drug-likeness (QED) is 0.903. The molecule has 2 aromatic rings. The van der Waals surface area contributed by atoms with Crippen molar-refractivity contribution in [2.45, 2.75) is 32.2 Å².